The van der Waals surface area contributed by atoms with Gasteiger partial charge in [0.05, 0.1) is 6.61 Å². The number of hydrogen-bond acceptors (Lipinski definition) is 5. The first-order valence-corrected chi connectivity index (χ1v) is 9.25. The quantitative estimate of drug-likeness (QED) is 0.312. The normalized spacial score (nSPS) is 11.1. The van der Waals surface area contributed by atoms with Gasteiger partial charge in [-0.15, -0.1) is 0 Å². The molecule has 2 aromatic carbocycles. The summed E-state index contributed by atoms with van der Waals surface area (Å²) in [6, 6.07) is 16.3. The van der Waals surface area contributed by atoms with E-state index in [2.05, 4.69) is 4.74 Å². The fourth-order valence-corrected chi connectivity index (χ4v) is 2.59. The molecule has 0 N–H and O–H groups in total. The monoisotopic (exact) mass is 414 g/mol. The number of hydrogen-bond donors (Lipinski definition) is 0. The van der Waals surface area contributed by atoms with Gasteiger partial charge in [0, 0.05) is 5.56 Å². The summed E-state index contributed by atoms with van der Waals surface area (Å²) in [5.74, 6) is 2.06. The molecule has 0 bridgehead atoms. The van der Waals surface area contributed by atoms with Crippen molar-refractivity contribution < 1.29 is 32.2 Å². The van der Waals surface area contributed by atoms with Crippen LogP contribution in [-0.4, -0.2) is 19.0 Å². The number of alkyl halides is 2. The molecular formula is C23H20F2O5. The number of furan rings is 1. The Morgan fingerprint density at radius 1 is 1.00 bits per heavy atom. The highest BCUT2D eigenvalue weighted by molar-refractivity contribution is 6.06. The van der Waals surface area contributed by atoms with Crippen LogP contribution >= 0.6 is 0 Å². The molecule has 0 radical (unpaired) electrons. The molecule has 0 aliphatic rings. The van der Waals surface area contributed by atoms with Crippen molar-refractivity contribution >= 4 is 11.9 Å². The van der Waals surface area contributed by atoms with Gasteiger partial charge >= 0.3 is 6.61 Å². The second-order valence-corrected chi connectivity index (χ2v) is 6.10. The molecule has 156 valence electrons. The molecule has 0 aliphatic carbocycles. The molecule has 7 heteroatoms. The zero-order chi connectivity index (χ0) is 21.3. The highest BCUT2D eigenvalue weighted by atomic mass is 19.3. The van der Waals surface area contributed by atoms with E-state index in [1.165, 1.54) is 36.4 Å². The Morgan fingerprint density at radius 2 is 1.73 bits per heavy atom. The van der Waals surface area contributed by atoms with E-state index < -0.39 is 6.61 Å². The minimum atomic E-state index is -2.95. The van der Waals surface area contributed by atoms with Crippen LogP contribution in [0.15, 0.2) is 71.2 Å². The molecule has 0 spiro atoms. The van der Waals surface area contributed by atoms with E-state index in [1.807, 2.05) is 19.1 Å². The van der Waals surface area contributed by atoms with Crippen molar-refractivity contribution in [2.24, 2.45) is 0 Å². The first-order chi connectivity index (χ1) is 14.5. The van der Waals surface area contributed by atoms with Crippen LogP contribution in [0, 0.1) is 0 Å². The lowest BCUT2D eigenvalue weighted by molar-refractivity contribution is -0.0498. The molecule has 0 fully saturated rings. The standard InChI is InChI=1S/C23H20F2O5/c1-2-27-17-6-8-18(9-7-17)28-15-21-11-10-19(29-21)12-13-22(26)16-4-3-5-20(14-16)30-23(24)25/h3-14,23H,2,15H2,1H3/b13-12+. The number of benzene rings is 2. The van der Waals surface area contributed by atoms with E-state index in [0.717, 1.165) is 5.75 Å². The zero-order valence-electron chi connectivity index (χ0n) is 16.2. The van der Waals surface area contributed by atoms with Gasteiger partial charge in [-0.1, -0.05) is 12.1 Å². The number of ether oxygens (including phenoxy) is 3. The van der Waals surface area contributed by atoms with Gasteiger partial charge in [-0.3, -0.25) is 4.79 Å². The number of carbonyl (C=O) groups excluding carboxylic acids is 1. The van der Waals surface area contributed by atoms with Crippen molar-refractivity contribution in [1.82, 2.24) is 0 Å². The number of rotatable bonds is 10. The van der Waals surface area contributed by atoms with Crippen molar-refractivity contribution in [2.45, 2.75) is 20.1 Å². The van der Waals surface area contributed by atoms with Crippen molar-refractivity contribution in [1.29, 1.82) is 0 Å². The molecule has 1 heterocycles. The van der Waals surface area contributed by atoms with Crippen LogP contribution in [0.25, 0.3) is 6.08 Å². The molecule has 3 aromatic rings. The molecule has 0 unspecified atom stereocenters. The Balaban J connectivity index is 1.55. The Hall–Kier alpha value is -3.61. The third-order valence-corrected chi connectivity index (χ3v) is 3.94. The van der Waals surface area contributed by atoms with Crippen molar-refractivity contribution in [2.75, 3.05) is 6.61 Å². The molecule has 0 saturated heterocycles. The lowest BCUT2D eigenvalue weighted by atomic mass is 10.1. The minimum Gasteiger partial charge on any atom is -0.494 e. The van der Waals surface area contributed by atoms with Gasteiger partial charge in [0.1, 0.15) is 35.4 Å². The number of ketones is 1. The summed E-state index contributed by atoms with van der Waals surface area (Å²) in [5, 5.41) is 0. The fraction of sp³-hybridized carbons (Fsp3) is 0.174. The molecule has 0 atom stereocenters. The van der Waals surface area contributed by atoms with Crippen LogP contribution < -0.4 is 14.2 Å². The van der Waals surface area contributed by atoms with E-state index >= 15 is 0 Å². The second-order valence-electron chi connectivity index (χ2n) is 6.10. The van der Waals surface area contributed by atoms with Crippen LogP contribution in [0.5, 0.6) is 17.2 Å². The summed E-state index contributed by atoms with van der Waals surface area (Å²) >= 11 is 0. The van der Waals surface area contributed by atoms with Crippen molar-refractivity contribution in [3.63, 3.8) is 0 Å². The van der Waals surface area contributed by atoms with E-state index in [4.69, 9.17) is 13.9 Å². The fourth-order valence-electron chi connectivity index (χ4n) is 2.59. The predicted octanol–water partition coefficient (Wildman–Crippen LogP) is 5.75. The average Bonchev–Trinajstić information content (AvgIpc) is 3.19. The second kappa shape index (κ2) is 10.2. The van der Waals surface area contributed by atoms with Gasteiger partial charge in [0.15, 0.2) is 5.78 Å². The third kappa shape index (κ3) is 6.20. The molecule has 0 saturated carbocycles. The summed E-state index contributed by atoms with van der Waals surface area (Å²) in [7, 11) is 0. The molecule has 5 nitrogen and oxygen atoms in total. The molecule has 30 heavy (non-hydrogen) atoms. The first kappa shape index (κ1) is 21.1. The number of carbonyl (C=O) groups is 1. The van der Waals surface area contributed by atoms with Gasteiger partial charge in [-0.05, 0) is 67.6 Å². The van der Waals surface area contributed by atoms with Gasteiger partial charge in [-0.2, -0.15) is 8.78 Å². The van der Waals surface area contributed by atoms with Gasteiger partial charge in [0.2, 0.25) is 0 Å². The van der Waals surface area contributed by atoms with Gasteiger partial charge in [-0.25, -0.2) is 0 Å². The van der Waals surface area contributed by atoms with Gasteiger partial charge in [0.25, 0.3) is 0 Å². The molecule has 0 amide bonds. The maximum atomic E-state index is 12.3. The molecule has 3 rings (SSSR count). The third-order valence-electron chi connectivity index (χ3n) is 3.94. The summed E-state index contributed by atoms with van der Waals surface area (Å²) in [6.45, 7) is -0.208. The van der Waals surface area contributed by atoms with Crippen LogP contribution in [0.3, 0.4) is 0 Å². The lowest BCUT2D eigenvalue weighted by Gasteiger charge is -2.06. The summed E-state index contributed by atoms with van der Waals surface area (Å²) in [4.78, 5) is 12.2. The van der Waals surface area contributed by atoms with Crippen molar-refractivity contribution in [3.05, 3.63) is 83.8 Å². The van der Waals surface area contributed by atoms with Crippen LogP contribution in [0.4, 0.5) is 8.78 Å². The van der Waals surface area contributed by atoms with E-state index in [0.29, 0.717) is 23.9 Å². The summed E-state index contributed by atoms with van der Waals surface area (Å²) < 4.78 is 45.6. The molecular weight excluding hydrogens is 394 g/mol. The minimum absolute atomic E-state index is 0.0732. The zero-order valence-corrected chi connectivity index (χ0v) is 16.2. The van der Waals surface area contributed by atoms with Crippen LogP contribution in [0.2, 0.25) is 0 Å². The molecule has 1 aromatic heterocycles. The van der Waals surface area contributed by atoms with Gasteiger partial charge < -0.3 is 18.6 Å². The lowest BCUT2D eigenvalue weighted by Crippen LogP contribution is -2.03. The Bertz CT molecular complexity index is 993. The Kier molecular flexibility index (Phi) is 7.21. The number of allylic oxidation sites excluding steroid dienone is 1. The van der Waals surface area contributed by atoms with Crippen LogP contribution in [0.1, 0.15) is 28.8 Å². The topological polar surface area (TPSA) is 57.9 Å². The van der Waals surface area contributed by atoms with E-state index in [-0.39, 0.29) is 23.7 Å². The maximum Gasteiger partial charge on any atom is 0.387 e. The first-order valence-electron chi connectivity index (χ1n) is 9.25. The maximum absolute atomic E-state index is 12.3. The van der Waals surface area contributed by atoms with Crippen LogP contribution in [-0.2, 0) is 6.61 Å². The average molecular weight is 414 g/mol. The Labute approximate surface area is 172 Å². The largest absolute Gasteiger partial charge is 0.494 e. The SMILES string of the molecule is CCOc1ccc(OCc2ccc(/C=C/C(=O)c3cccc(OC(F)F)c3)o2)cc1. The summed E-state index contributed by atoms with van der Waals surface area (Å²) in [6.07, 6.45) is 2.81. The van der Waals surface area contributed by atoms with Crippen molar-refractivity contribution in [3.8, 4) is 17.2 Å². The molecule has 0 aliphatic heterocycles. The highest BCUT2D eigenvalue weighted by Crippen LogP contribution is 2.20. The highest BCUT2D eigenvalue weighted by Gasteiger charge is 2.08. The number of halogens is 2. The van der Waals surface area contributed by atoms with E-state index in [9.17, 15) is 13.6 Å². The van der Waals surface area contributed by atoms with E-state index in [1.54, 1.807) is 24.3 Å². The Morgan fingerprint density at radius 3 is 2.43 bits per heavy atom. The summed E-state index contributed by atoms with van der Waals surface area (Å²) in [5.41, 5.74) is 0.231. The smallest absolute Gasteiger partial charge is 0.387 e. The predicted molar refractivity (Wildman–Crippen MR) is 107 cm³/mol.